The second-order valence-corrected chi connectivity index (χ2v) is 5.14. The molecule has 0 unspecified atom stereocenters. The molecule has 70 valence electrons. The molecule has 0 amide bonds. The lowest BCUT2D eigenvalue weighted by Gasteiger charge is -2.25. The van der Waals surface area contributed by atoms with Gasteiger partial charge in [0.25, 0.3) is 0 Å². The van der Waals surface area contributed by atoms with Crippen molar-refractivity contribution in [3.05, 3.63) is 18.3 Å². The van der Waals surface area contributed by atoms with Gasteiger partial charge in [-0.1, -0.05) is 0 Å². The number of sulfone groups is 1. The number of hydrogen-bond acceptors (Lipinski definition) is 4. The van der Waals surface area contributed by atoms with Crippen LogP contribution in [0.5, 0.6) is 0 Å². The van der Waals surface area contributed by atoms with Gasteiger partial charge in [-0.2, -0.15) is 0 Å². The van der Waals surface area contributed by atoms with Crippen LogP contribution in [0, 0.1) is 0 Å². The quantitative estimate of drug-likeness (QED) is 0.602. The van der Waals surface area contributed by atoms with E-state index >= 15 is 0 Å². The minimum absolute atomic E-state index is 0.183. The molecule has 0 saturated carbocycles. The fourth-order valence-electron chi connectivity index (χ4n) is 1.38. The second-order valence-electron chi connectivity index (χ2n) is 3.07. The third kappa shape index (κ3) is 1.29. The predicted octanol–water partition coefficient (Wildman–Crippen LogP) is 0.305. The lowest BCUT2D eigenvalue weighted by atomic mass is 10.4. The van der Waals surface area contributed by atoms with Crippen molar-refractivity contribution in [2.24, 2.45) is 0 Å². The average molecular weight is 198 g/mol. The third-order valence-corrected chi connectivity index (χ3v) is 3.85. The van der Waals surface area contributed by atoms with Crippen molar-refractivity contribution < 1.29 is 8.42 Å². The van der Waals surface area contributed by atoms with Gasteiger partial charge in [0.05, 0.1) is 5.75 Å². The molecule has 0 aromatic carbocycles. The second kappa shape index (κ2) is 2.70. The van der Waals surface area contributed by atoms with Gasteiger partial charge in [-0.25, -0.2) is 13.4 Å². The first-order chi connectivity index (χ1) is 6.11. The van der Waals surface area contributed by atoms with Gasteiger partial charge in [-0.15, -0.1) is 0 Å². The summed E-state index contributed by atoms with van der Waals surface area (Å²) in [5.74, 6) is 0.746. The van der Waals surface area contributed by atoms with Crippen LogP contribution < -0.4 is 4.90 Å². The highest BCUT2D eigenvalue weighted by molar-refractivity contribution is 7.91. The standard InChI is InChI=1S/C8H10N2O2S/c1-10-5-6-13(11,12)7-3-2-4-9-8(7)10/h2-4H,5-6H2,1H3. The maximum absolute atomic E-state index is 11.6. The summed E-state index contributed by atoms with van der Waals surface area (Å²) in [6, 6.07) is 3.25. The minimum Gasteiger partial charge on any atom is -0.358 e. The van der Waals surface area contributed by atoms with E-state index in [1.165, 1.54) is 0 Å². The Kier molecular flexibility index (Phi) is 1.76. The molecular formula is C8H10N2O2S. The van der Waals surface area contributed by atoms with E-state index in [1.807, 2.05) is 11.9 Å². The van der Waals surface area contributed by atoms with E-state index in [-0.39, 0.29) is 5.75 Å². The molecule has 2 rings (SSSR count). The Balaban J connectivity index is 2.68. The van der Waals surface area contributed by atoms with Crippen LogP contribution in [0.4, 0.5) is 5.82 Å². The van der Waals surface area contributed by atoms with Crippen molar-refractivity contribution in [2.75, 3.05) is 24.2 Å². The van der Waals surface area contributed by atoms with Gasteiger partial charge in [0.15, 0.2) is 9.84 Å². The summed E-state index contributed by atoms with van der Waals surface area (Å²) in [4.78, 5) is 6.25. The summed E-state index contributed by atoms with van der Waals surface area (Å²) >= 11 is 0. The topological polar surface area (TPSA) is 50.3 Å². The molecule has 0 atom stereocenters. The summed E-state index contributed by atoms with van der Waals surface area (Å²) in [5.41, 5.74) is 0. The number of nitrogens with zero attached hydrogens (tertiary/aromatic N) is 2. The largest absolute Gasteiger partial charge is 0.358 e. The number of rotatable bonds is 0. The number of fused-ring (bicyclic) bond motifs is 1. The summed E-state index contributed by atoms with van der Waals surface area (Å²) in [6.45, 7) is 0.520. The first kappa shape index (κ1) is 8.50. The van der Waals surface area contributed by atoms with Crippen LogP contribution in [0.1, 0.15) is 0 Å². The highest BCUT2D eigenvalue weighted by atomic mass is 32.2. The van der Waals surface area contributed by atoms with E-state index in [4.69, 9.17) is 0 Å². The summed E-state index contributed by atoms with van der Waals surface area (Å²) in [6.07, 6.45) is 1.61. The van der Waals surface area contributed by atoms with Crippen molar-refractivity contribution in [1.29, 1.82) is 0 Å². The van der Waals surface area contributed by atoms with E-state index in [9.17, 15) is 8.42 Å². The van der Waals surface area contributed by atoms with Crippen LogP contribution in [0.2, 0.25) is 0 Å². The monoisotopic (exact) mass is 198 g/mol. The summed E-state index contributed by atoms with van der Waals surface area (Å²) in [7, 11) is -1.23. The number of hydrogen-bond donors (Lipinski definition) is 0. The normalized spacial score (nSPS) is 19.6. The van der Waals surface area contributed by atoms with Gasteiger partial charge in [0, 0.05) is 19.8 Å². The highest BCUT2D eigenvalue weighted by Crippen LogP contribution is 2.26. The Bertz CT molecular complexity index is 428. The minimum atomic E-state index is -3.08. The molecule has 0 spiro atoms. The van der Waals surface area contributed by atoms with Gasteiger partial charge in [-0.3, -0.25) is 0 Å². The molecule has 2 heterocycles. The van der Waals surface area contributed by atoms with Crippen molar-refractivity contribution in [3.63, 3.8) is 0 Å². The number of anilines is 1. The number of pyridine rings is 1. The Labute approximate surface area is 77.1 Å². The lowest BCUT2D eigenvalue weighted by molar-refractivity contribution is 0.590. The van der Waals surface area contributed by atoms with Crippen LogP contribution in [0.3, 0.4) is 0 Å². The van der Waals surface area contributed by atoms with E-state index in [0.717, 1.165) is 0 Å². The summed E-state index contributed by atoms with van der Waals surface area (Å²) < 4.78 is 23.1. The first-order valence-corrected chi connectivity index (χ1v) is 5.65. The van der Waals surface area contributed by atoms with Crippen molar-refractivity contribution in [1.82, 2.24) is 4.98 Å². The van der Waals surface area contributed by atoms with Crippen LogP contribution >= 0.6 is 0 Å². The Morgan fingerprint density at radius 2 is 2.31 bits per heavy atom. The highest BCUT2D eigenvalue weighted by Gasteiger charge is 2.26. The van der Waals surface area contributed by atoms with Crippen molar-refractivity contribution in [2.45, 2.75) is 4.90 Å². The molecule has 0 radical (unpaired) electrons. The molecular weight excluding hydrogens is 188 g/mol. The van der Waals surface area contributed by atoms with Crippen molar-refractivity contribution >= 4 is 15.7 Å². The Hall–Kier alpha value is -1.10. The zero-order chi connectivity index (χ0) is 9.47. The molecule has 0 saturated heterocycles. The van der Waals surface area contributed by atoms with Gasteiger partial charge in [0.1, 0.15) is 10.7 Å². The number of aromatic nitrogens is 1. The van der Waals surface area contributed by atoms with Crippen LogP contribution in [0.15, 0.2) is 23.2 Å². The predicted molar refractivity (Wildman–Crippen MR) is 49.6 cm³/mol. The maximum Gasteiger partial charge on any atom is 0.183 e. The lowest BCUT2D eigenvalue weighted by Crippen LogP contribution is -2.32. The maximum atomic E-state index is 11.6. The van der Waals surface area contributed by atoms with E-state index < -0.39 is 9.84 Å². The molecule has 0 aliphatic carbocycles. The van der Waals surface area contributed by atoms with E-state index in [1.54, 1.807) is 18.3 Å². The van der Waals surface area contributed by atoms with E-state index in [0.29, 0.717) is 17.3 Å². The van der Waals surface area contributed by atoms with E-state index in [2.05, 4.69) is 4.98 Å². The molecule has 0 bridgehead atoms. The fourth-order valence-corrected chi connectivity index (χ4v) is 2.89. The first-order valence-electron chi connectivity index (χ1n) is 4.00. The van der Waals surface area contributed by atoms with Gasteiger partial charge in [0.2, 0.25) is 0 Å². The molecule has 4 nitrogen and oxygen atoms in total. The molecule has 1 aromatic rings. The molecule has 13 heavy (non-hydrogen) atoms. The molecule has 0 N–H and O–H groups in total. The molecule has 1 aliphatic rings. The SMILES string of the molecule is CN1CCS(=O)(=O)c2cccnc21. The Morgan fingerprint density at radius 1 is 1.54 bits per heavy atom. The fraction of sp³-hybridized carbons (Fsp3) is 0.375. The zero-order valence-corrected chi connectivity index (χ0v) is 8.08. The smallest absolute Gasteiger partial charge is 0.183 e. The third-order valence-electron chi connectivity index (χ3n) is 2.14. The van der Waals surface area contributed by atoms with Crippen molar-refractivity contribution in [3.8, 4) is 0 Å². The van der Waals surface area contributed by atoms with Gasteiger partial charge >= 0.3 is 0 Å². The van der Waals surface area contributed by atoms with Gasteiger partial charge in [-0.05, 0) is 12.1 Å². The summed E-state index contributed by atoms with van der Waals surface area (Å²) in [5, 5.41) is 0. The molecule has 1 aromatic heterocycles. The Morgan fingerprint density at radius 3 is 3.00 bits per heavy atom. The van der Waals surface area contributed by atoms with Gasteiger partial charge < -0.3 is 4.90 Å². The van der Waals surface area contributed by atoms with Crippen LogP contribution in [0.25, 0.3) is 0 Å². The molecule has 5 heteroatoms. The average Bonchev–Trinajstić information content (AvgIpc) is 2.13. The zero-order valence-electron chi connectivity index (χ0n) is 7.27. The molecule has 1 aliphatic heterocycles. The van der Waals surface area contributed by atoms with Crippen LogP contribution in [-0.4, -0.2) is 32.7 Å². The van der Waals surface area contributed by atoms with Crippen LogP contribution in [-0.2, 0) is 9.84 Å². The molecule has 0 fully saturated rings.